The van der Waals surface area contributed by atoms with E-state index >= 15 is 0 Å². The molecule has 0 bridgehead atoms. The first-order valence-corrected chi connectivity index (χ1v) is 4.73. The van der Waals surface area contributed by atoms with Gasteiger partial charge in [-0.15, -0.1) is 0 Å². The minimum atomic E-state index is 0.502. The van der Waals surface area contributed by atoms with Crippen LogP contribution in [0.3, 0.4) is 0 Å². The Bertz CT molecular complexity index is 454. The first-order valence-electron chi connectivity index (χ1n) is 4.73. The van der Waals surface area contributed by atoms with Crippen LogP contribution in [0.4, 0.5) is 5.82 Å². The van der Waals surface area contributed by atoms with Gasteiger partial charge in [-0.25, -0.2) is 9.97 Å². The van der Waals surface area contributed by atoms with Gasteiger partial charge in [0.1, 0.15) is 12.4 Å². The zero-order valence-electron chi connectivity index (χ0n) is 8.81. The van der Waals surface area contributed by atoms with Crippen molar-refractivity contribution in [1.82, 2.24) is 19.7 Å². The Morgan fingerprint density at radius 3 is 2.73 bits per heavy atom. The van der Waals surface area contributed by atoms with Crippen LogP contribution >= 0.6 is 0 Å². The van der Waals surface area contributed by atoms with E-state index in [-0.39, 0.29) is 0 Å². The molecule has 0 unspecified atom stereocenters. The summed E-state index contributed by atoms with van der Waals surface area (Å²) in [7, 11) is 0. The van der Waals surface area contributed by atoms with Crippen LogP contribution in [0.15, 0.2) is 18.3 Å². The fourth-order valence-electron chi connectivity index (χ4n) is 1.43. The summed E-state index contributed by atoms with van der Waals surface area (Å²) in [6.07, 6.45) is 1.76. The average molecular weight is 203 g/mol. The molecule has 0 aromatic carbocycles. The molecule has 0 amide bonds. The maximum atomic E-state index is 5.65. The standard InChI is InChI=1S/C10H13N5/c1-7-5-9(11)14-10(13-7)6-15-8(2)3-4-12-15/h3-5H,6H2,1-2H3,(H2,11,13,14). The number of aromatic nitrogens is 4. The van der Waals surface area contributed by atoms with Gasteiger partial charge in [0.15, 0.2) is 5.82 Å². The van der Waals surface area contributed by atoms with E-state index in [1.54, 1.807) is 12.3 Å². The van der Waals surface area contributed by atoms with Crippen LogP contribution in [0.1, 0.15) is 17.2 Å². The number of nitrogens with two attached hydrogens (primary N) is 1. The first-order chi connectivity index (χ1) is 7.15. The maximum absolute atomic E-state index is 5.65. The minimum Gasteiger partial charge on any atom is -0.384 e. The Morgan fingerprint density at radius 2 is 2.13 bits per heavy atom. The lowest BCUT2D eigenvalue weighted by Crippen LogP contribution is -2.09. The maximum Gasteiger partial charge on any atom is 0.152 e. The lowest BCUT2D eigenvalue weighted by Gasteiger charge is -2.04. The molecule has 5 heteroatoms. The van der Waals surface area contributed by atoms with E-state index in [0.29, 0.717) is 18.2 Å². The zero-order chi connectivity index (χ0) is 10.8. The highest BCUT2D eigenvalue weighted by atomic mass is 15.3. The highest BCUT2D eigenvalue weighted by molar-refractivity contribution is 5.29. The van der Waals surface area contributed by atoms with Crippen LogP contribution in [-0.4, -0.2) is 19.7 Å². The Kier molecular flexibility index (Phi) is 2.37. The number of nitrogens with zero attached hydrogens (tertiary/aromatic N) is 4. The molecule has 0 radical (unpaired) electrons. The van der Waals surface area contributed by atoms with Crippen LogP contribution in [-0.2, 0) is 6.54 Å². The number of nitrogen functional groups attached to an aromatic ring is 1. The van der Waals surface area contributed by atoms with Crippen molar-refractivity contribution >= 4 is 5.82 Å². The molecule has 2 N–H and O–H groups in total. The lowest BCUT2D eigenvalue weighted by atomic mass is 10.4. The van der Waals surface area contributed by atoms with Crippen LogP contribution in [0.5, 0.6) is 0 Å². The second-order valence-corrected chi connectivity index (χ2v) is 3.48. The average Bonchev–Trinajstić information content (AvgIpc) is 2.50. The largest absolute Gasteiger partial charge is 0.384 e. The van der Waals surface area contributed by atoms with E-state index in [2.05, 4.69) is 15.1 Å². The van der Waals surface area contributed by atoms with Gasteiger partial charge in [0.2, 0.25) is 0 Å². The monoisotopic (exact) mass is 203 g/mol. The van der Waals surface area contributed by atoms with Gasteiger partial charge >= 0.3 is 0 Å². The summed E-state index contributed by atoms with van der Waals surface area (Å²) in [5.74, 6) is 1.20. The van der Waals surface area contributed by atoms with Crippen LogP contribution in [0.25, 0.3) is 0 Å². The molecular weight excluding hydrogens is 190 g/mol. The van der Waals surface area contributed by atoms with Crippen molar-refractivity contribution in [2.75, 3.05) is 5.73 Å². The quantitative estimate of drug-likeness (QED) is 0.788. The molecule has 2 aromatic heterocycles. The van der Waals surface area contributed by atoms with E-state index < -0.39 is 0 Å². The summed E-state index contributed by atoms with van der Waals surface area (Å²) in [4.78, 5) is 8.45. The third kappa shape index (κ3) is 2.12. The van der Waals surface area contributed by atoms with E-state index in [4.69, 9.17) is 5.73 Å². The van der Waals surface area contributed by atoms with E-state index in [0.717, 1.165) is 11.4 Å². The molecule has 2 aromatic rings. The minimum absolute atomic E-state index is 0.502. The topological polar surface area (TPSA) is 69.6 Å². The van der Waals surface area contributed by atoms with Crippen molar-refractivity contribution in [3.63, 3.8) is 0 Å². The molecule has 0 saturated carbocycles. The highest BCUT2D eigenvalue weighted by Gasteiger charge is 2.03. The van der Waals surface area contributed by atoms with Gasteiger partial charge in [-0.05, 0) is 19.9 Å². The molecule has 0 aliphatic heterocycles. The first kappa shape index (κ1) is 9.64. The number of hydrogen-bond acceptors (Lipinski definition) is 4. The molecule has 78 valence electrons. The zero-order valence-corrected chi connectivity index (χ0v) is 8.81. The SMILES string of the molecule is Cc1cc(N)nc(Cn2nccc2C)n1. The smallest absolute Gasteiger partial charge is 0.152 e. The summed E-state index contributed by atoms with van der Waals surface area (Å²) in [6.45, 7) is 4.45. The third-order valence-electron chi connectivity index (χ3n) is 2.14. The Morgan fingerprint density at radius 1 is 1.33 bits per heavy atom. The summed E-state index contributed by atoms with van der Waals surface area (Å²) in [5.41, 5.74) is 7.60. The molecule has 0 spiro atoms. The van der Waals surface area contributed by atoms with Crippen LogP contribution in [0, 0.1) is 13.8 Å². The molecule has 0 aliphatic carbocycles. The van der Waals surface area contributed by atoms with Gasteiger partial charge in [-0.1, -0.05) is 0 Å². The van der Waals surface area contributed by atoms with E-state index in [9.17, 15) is 0 Å². The van der Waals surface area contributed by atoms with Crippen molar-refractivity contribution in [3.8, 4) is 0 Å². The Balaban J connectivity index is 2.28. The van der Waals surface area contributed by atoms with E-state index in [1.807, 2.05) is 24.6 Å². The van der Waals surface area contributed by atoms with Crippen LogP contribution < -0.4 is 5.73 Å². The summed E-state index contributed by atoms with van der Waals surface area (Å²) in [6, 6.07) is 3.69. The molecule has 2 heterocycles. The van der Waals surface area contributed by atoms with Gasteiger partial charge in [0.25, 0.3) is 0 Å². The highest BCUT2D eigenvalue weighted by Crippen LogP contribution is 2.04. The van der Waals surface area contributed by atoms with Crippen molar-refractivity contribution in [2.45, 2.75) is 20.4 Å². The second-order valence-electron chi connectivity index (χ2n) is 3.48. The molecule has 2 rings (SSSR count). The number of aryl methyl sites for hydroxylation is 2. The molecule has 0 atom stereocenters. The number of rotatable bonds is 2. The van der Waals surface area contributed by atoms with Crippen molar-refractivity contribution in [1.29, 1.82) is 0 Å². The molecular formula is C10H13N5. The van der Waals surface area contributed by atoms with Crippen LogP contribution in [0.2, 0.25) is 0 Å². The van der Waals surface area contributed by atoms with Gasteiger partial charge in [-0.3, -0.25) is 4.68 Å². The summed E-state index contributed by atoms with van der Waals surface area (Å²) in [5, 5.41) is 4.17. The predicted molar refractivity (Wildman–Crippen MR) is 57.2 cm³/mol. The van der Waals surface area contributed by atoms with Gasteiger partial charge in [0, 0.05) is 23.7 Å². The molecule has 5 nitrogen and oxygen atoms in total. The van der Waals surface area contributed by atoms with Crippen molar-refractivity contribution in [2.24, 2.45) is 0 Å². The second kappa shape index (κ2) is 3.68. The fraction of sp³-hybridized carbons (Fsp3) is 0.300. The van der Waals surface area contributed by atoms with Crippen molar-refractivity contribution < 1.29 is 0 Å². The normalized spacial score (nSPS) is 10.5. The molecule has 0 aliphatic rings. The Labute approximate surface area is 88.0 Å². The third-order valence-corrected chi connectivity index (χ3v) is 2.14. The molecule has 0 saturated heterocycles. The number of anilines is 1. The fourth-order valence-corrected chi connectivity index (χ4v) is 1.43. The summed E-state index contributed by atoms with van der Waals surface area (Å²) >= 11 is 0. The van der Waals surface area contributed by atoms with Crippen molar-refractivity contribution in [3.05, 3.63) is 35.5 Å². The van der Waals surface area contributed by atoms with Gasteiger partial charge in [-0.2, -0.15) is 5.10 Å². The Hall–Kier alpha value is -1.91. The predicted octanol–water partition coefficient (Wildman–Crippen LogP) is 0.920. The van der Waals surface area contributed by atoms with Gasteiger partial charge in [0.05, 0.1) is 0 Å². The summed E-state index contributed by atoms with van der Waals surface area (Å²) < 4.78 is 1.84. The lowest BCUT2D eigenvalue weighted by molar-refractivity contribution is 0.635. The number of hydrogen-bond donors (Lipinski definition) is 1. The molecule has 15 heavy (non-hydrogen) atoms. The van der Waals surface area contributed by atoms with E-state index in [1.165, 1.54) is 0 Å². The van der Waals surface area contributed by atoms with Gasteiger partial charge < -0.3 is 5.73 Å². The molecule has 0 fully saturated rings.